The predicted octanol–water partition coefficient (Wildman–Crippen LogP) is 3.21. The lowest BCUT2D eigenvalue weighted by Gasteiger charge is -2.48. The Morgan fingerprint density at radius 3 is 2.61 bits per heavy atom. The summed E-state index contributed by atoms with van der Waals surface area (Å²) >= 11 is 0. The van der Waals surface area contributed by atoms with E-state index < -0.39 is 0 Å². The molecule has 2 bridgehead atoms. The first-order valence-electron chi connectivity index (χ1n) is 10.8. The van der Waals surface area contributed by atoms with Crippen molar-refractivity contribution < 1.29 is 9.53 Å². The van der Waals surface area contributed by atoms with E-state index in [1.165, 1.54) is 12.8 Å². The predicted molar refractivity (Wildman–Crippen MR) is 111 cm³/mol. The second kappa shape index (κ2) is 8.62. The van der Waals surface area contributed by atoms with Gasteiger partial charge in [-0.1, -0.05) is 38.5 Å². The van der Waals surface area contributed by atoms with Gasteiger partial charge >= 0.3 is 0 Å². The van der Waals surface area contributed by atoms with E-state index in [1.54, 1.807) is 0 Å². The molecule has 1 aromatic carbocycles. The molecule has 1 N–H and O–H groups in total. The van der Waals surface area contributed by atoms with Gasteiger partial charge in [0, 0.05) is 30.1 Å². The second-order valence-corrected chi connectivity index (χ2v) is 8.17. The standard InChI is InChI=1S/C22H32N4O2/c1-3-5-11-25-17-12-16(13-18(25)15-28-14-17)23-22(27)21-19-8-6-7-9-20(19)26(24-21)10-4-2/h6-9,16-18H,3-5,10-15H2,1-2H3,(H,23,27). The summed E-state index contributed by atoms with van der Waals surface area (Å²) in [5, 5.41) is 8.87. The maximum Gasteiger partial charge on any atom is 0.272 e. The van der Waals surface area contributed by atoms with Gasteiger partial charge in [0.25, 0.3) is 5.91 Å². The average Bonchev–Trinajstić information content (AvgIpc) is 3.05. The summed E-state index contributed by atoms with van der Waals surface area (Å²) in [4.78, 5) is 15.7. The Morgan fingerprint density at radius 2 is 1.89 bits per heavy atom. The second-order valence-electron chi connectivity index (χ2n) is 8.17. The molecule has 152 valence electrons. The van der Waals surface area contributed by atoms with Crippen LogP contribution in [0.15, 0.2) is 24.3 Å². The number of ether oxygens (including phenoxy) is 1. The zero-order valence-electron chi connectivity index (χ0n) is 17.1. The van der Waals surface area contributed by atoms with Gasteiger partial charge in [-0.05, 0) is 38.3 Å². The van der Waals surface area contributed by atoms with Gasteiger partial charge in [-0.2, -0.15) is 5.10 Å². The molecule has 2 aliphatic rings. The number of fused-ring (bicyclic) bond motifs is 3. The van der Waals surface area contributed by atoms with Crippen molar-refractivity contribution in [3.05, 3.63) is 30.0 Å². The number of morpholine rings is 1. The molecule has 3 heterocycles. The lowest BCUT2D eigenvalue weighted by molar-refractivity contribution is -0.0802. The van der Waals surface area contributed by atoms with Crippen LogP contribution in [0.5, 0.6) is 0 Å². The molecule has 2 atom stereocenters. The smallest absolute Gasteiger partial charge is 0.272 e. The highest BCUT2D eigenvalue weighted by molar-refractivity contribution is 6.05. The van der Waals surface area contributed by atoms with E-state index in [4.69, 9.17) is 4.74 Å². The van der Waals surface area contributed by atoms with Crippen molar-refractivity contribution in [3.63, 3.8) is 0 Å². The van der Waals surface area contributed by atoms with E-state index in [2.05, 4.69) is 29.2 Å². The highest BCUT2D eigenvalue weighted by atomic mass is 16.5. The molecule has 1 amide bonds. The zero-order valence-corrected chi connectivity index (χ0v) is 17.1. The fraction of sp³-hybridized carbons (Fsp3) is 0.636. The van der Waals surface area contributed by atoms with E-state index in [-0.39, 0.29) is 11.9 Å². The summed E-state index contributed by atoms with van der Waals surface area (Å²) < 4.78 is 7.76. The average molecular weight is 385 g/mol. The molecule has 0 spiro atoms. The molecule has 6 heteroatoms. The number of amides is 1. The number of nitrogens with zero attached hydrogens (tertiary/aromatic N) is 3. The number of piperidine rings is 1. The third-order valence-electron chi connectivity index (χ3n) is 6.09. The molecule has 2 aliphatic heterocycles. The van der Waals surface area contributed by atoms with Crippen LogP contribution in [0.4, 0.5) is 0 Å². The van der Waals surface area contributed by atoms with Crippen molar-refractivity contribution >= 4 is 16.8 Å². The van der Waals surface area contributed by atoms with Crippen LogP contribution in [-0.4, -0.2) is 58.5 Å². The molecule has 4 rings (SSSR count). The molecule has 1 aromatic heterocycles. The minimum atomic E-state index is -0.0444. The molecule has 2 saturated heterocycles. The largest absolute Gasteiger partial charge is 0.378 e. The number of aromatic nitrogens is 2. The maximum atomic E-state index is 13.1. The number of rotatable bonds is 7. The summed E-state index contributed by atoms with van der Waals surface area (Å²) in [6.45, 7) is 7.89. The van der Waals surface area contributed by atoms with Crippen molar-refractivity contribution in [1.82, 2.24) is 20.0 Å². The topological polar surface area (TPSA) is 59.4 Å². The fourth-order valence-electron chi connectivity index (χ4n) is 4.74. The van der Waals surface area contributed by atoms with Crippen LogP contribution < -0.4 is 5.32 Å². The molecule has 2 fully saturated rings. The number of benzene rings is 1. The van der Waals surface area contributed by atoms with Crippen molar-refractivity contribution in [3.8, 4) is 0 Å². The minimum absolute atomic E-state index is 0.0444. The Hall–Kier alpha value is -1.92. The van der Waals surface area contributed by atoms with Crippen molar-refractivity contribution in [1.29, 1.82) is 0 Å². The van der Waals surface area contributed by atoms with Crippen molar-refractivity contribution in [2.24, 2.45) is 0 Å². The monoisotopic (exact) mass is 384 g/mol. The van der Waals surface area contributed by atoms with Crippen LogP contribution in [0.1, 0.15) is 56.4 Å². The summed E-state index contributed by atoms with van der Waals surface area (Å²) in [7, 11) is 0. The molecule has 0 saturated carbocycles. The summed E-state index contributed by atoms with van der Waals surface area (Å²) in [5.41, 5.74) is 1.59. The summed E-state index contributed by atoms with van der Waals surface area (Å²) in [6.07, 6.45) is 5.35. The van der Waals surface area contributed by atoms with Gasteiger partial charge in [0.05, 0.1) is 18.7 Å². The third-order valence-corrected chi connectivity index (χ3v) is 6.09. The first-order chi connectivity index (χ1) is 13.7. The van der Waals surface area contributed by atoms with Crippen molar-refractivity contribution in [2.45, 2.75) is 70.6 Å². The molecular weight excluding hydrogens is 352 g/mol. The quantitative estimate of drug-likeness (QED) is 0.796. The number of unbranched alkanes of at least 4 members (excludes halogenated alkanes) is 1. The maximum absolute atomic E-state index is 13.1. The SMILES string of the molecule is CCCCN1C2COCC1CC(NC(=O)c1nn(CCC)c3ccccc13)C2. The van der Waals surface area contributed by atoms with E-state index in [9.17, 15) is 4.79 Å². The Bertz CT molecular complexity index is 804. The lowest BCUT2D eigenvalue weighted by atomic mass is 9.89. The first-order valence-corrected chi connectivity index (χ1v) is 10.8. The number of nitrogens with one attached hydrogen (secondary N) is 1. The third kappa shape index (κ3) is 3.80. The summed E-state index contributed by atoms with van der Waals surface area (Å²) in [5.74, 6) is -0.0444. The van der Waals surface area contributed by atoms with Crippen LogP contribution in [0.25, 0.3) is 10.9 Å². The number of aryl methyl sites for hydroxylation is 1. The Morgan fingerprint density at radius 1 is 1.14 bits per heavy atom. The van der Waals surface area contributed by atoms with Gasteiger partial charge in [-0.25, -0.2) is 0 Å². The van der Waals surface area contributed by atoms with Gasteiger partial charge < -0.3 is 10.1 Å². The molecule has 0 radical (unpaired) electrons. The van der Waals surface area contributed by atoms with Gasteiger partial charge in [-0.3, -0.25) is 14.4 Å². The number of para-hydroxylation sites is 1. The summed E-state index contributed by atoms with van der Waals surface area (Å²) in [6, 6.07) is 9.05. The van der Waals surface area contributed by atoms with Crippen LogP contribution in [0.3, 0.4) is 0 Å². The van der Waals surface area contributed by atoms with Crippen LogP contribution in [0.2, 0.25) is 0 Å². The van der Waals surface area contributed by atoms with Crippen molar-refractivity contribution in [2.75, 3.05) is 19.8 Å². The van der Waals surface area contributed by atoms with Gasteiger partial charge in [0.1, 0.15) is 0 Å². The Kier molecular flexibility index (Phi) is 5.97. The molecule has 2 aromatic rings. The number of hydrogen-bond acceptors (Lipinski definition) is 4. The normalized spacial score (nSPS) is 25.1. The van der Waals surface area contributed by atoms with E-state index >= 15 is 0 Å². The lowest BCUT2D eigenvalue weighted by Crippen LogP contribution is -2.60. The minimum Gasteiger partial charge on any atom is -0.378 e. The van der Waals surface area contributed by atoms with Crippen LogP contribution in [-0.2, 0) is 11.3 Å². The zero-order chi connectivity index (χ0) is 19.5. The highest BCUT2D eigenvalue weighted by Crippen LogP contribution is 2.28. The van der Waals surface area contributed by atoms with E-state index in [1.807, 2.05) is 28.9 Å². The molecule has 0 aliphatic carbocycles. The molecule has 2 unspecified atom stereocenters. The Labute approximate surface area is 167 Å². The highest BCUT2D eigenvalue weighted by Gasteiger charge is 2.39. The molecule has 6 nitrogen and oxygen atoms in total. The van der Waals surface area contributed by atoms with E-state index in [0.717, 1.165) is 56.5 Å². The fourth-order valence-corrected chi connectivity index (χ4v) is 4.74. The van der Waals surface area contributed by atoms with Crippen LogP contribution >= 0.6 is 0 Å². The number of carbonyl (C=O) groups excluding carboxylic acids is 1. The number of carbonyl (C=O) groups is 1. The molecular formula is C22H32N4O2. The van der Waals surface area contributed by atoms with Gasteiger partial charge in [-0.15, -0.1) is 0 Å². The van der Waals surface area contributed by atoms with Crippen LogP contribution in [0, 0.1) is 0 Å². The first kappa shape index (κ1) is 19.4. The Balaban J connectivity index is 1.48. The van der Waals surface area contributed by atoms with E-state index in [0.29, 0.717) is 17.8 Å². The number of hydrogen-bond donors (Lipinski definition) is 1. The van der Waals surface area contributed by atoms with Gasteiger partial charge in [0.2, 0.25) is 0 Å². The van der Waals surface area contributed by atoms with Gasteiger partial charge in [0.15, 0.2) is 5.69 Å². The molecule has 28 heavy (non-hydrogen) atoms.